The molecule has 1 amide bonds. The highest BCUT2D eigenvalue weighted by Crippen LogP contribution is 2.13. The number of morpholine rings is 1. The van der Waals surface area contributed by atoms with Crippen LogP contribution in [0.5, 0.6) is 0 Å². The van der Waals surface area contributed by atoms with E-state index in [1.54, 1.807) is 12.1 Å². The van der Waals surface area contributed by atoms with Crippen LogP contribution in [0.25, 0.3) is 0 Å². The molecule has 1 saturated heterocycles. The van der Waals surface area contributed by atoms with Crippen molar-refractivity contribution in [2.75, 3.05) is 26.2 Å². The lowest BCUT2D eigenvalue weighted by molar-refractivity contribution is -0.144. The van der Waals surface area contributed by atoms with E-state index in [0.29, 0.717) is 38.3 Å². The molecule has 1 aliphatic rings. The third kappa shape index (κ3) is 5.19. The van der Waals surface area contributed by atoms with Gasteiger partial charge in [0.15, 0.2) is 0 Å². The van der Waals surface area contributed by atoms with Crippen LogP contribution in [0, 0.1) is 11.3 Å². The van der Waals surface area contributed by atoms with Gasteiger partial charge in [0.1, 0.15) is 0 Å². The van der Waals surface area contributed by atoms with Crippen LogP contribution in [0.4, 0.5) is 0 Å². The fourth-order valence-electron chi connectivity index (χ4n) is 3.04. The topological polar surface area (TPSA) is 56.6 Å². The van der Waals surface area contributed by atoms with Gasteiger partial charge in [0, 0.05) is 26.2 Å². The van der Waals surface area contributed by atoms with Crippen LogP contribution in [-0.4, -0.2) is 54.1 Å². The van der Waals surface area contributed by atoms with Gasteiger partial charge in [-0.15, -0.1) is 6.58 Å². The quantitative estimate of drug-likeness (QED) is 0.752. The second-order valence-corrected chi connectivity index (χ2v) is 6.33. The minimum Gasteiger partial charge on any atom is -0.372 e. The van der Waals surface area contributed by atoms with Crippen molar-refractivity contribution in [1.29, 1.82) is 5.26 Å². The molecule has 24 heavy (non-hydrogen) atoms. The summed E-state index contributed by atoms with van der Waals surface area (Å²) < 4.78 is 5.69. The smallest absolute Gasteiger partial charge is 0.236 e. The van der Waals surface area contributed by atoms with Crippen LogP contribution in [0.15, 0.2) is 36.9 Å². The molecule has 1 fully saturated rings. The van der Waals surface area contributed by atoms with Gasteiger partial charge in [0.05, 0.1) is 30.4 Å². The van der Waals surface area contributed by atoms with Crippen LogP contribution in [0.1, 0.15) is 25.0 Å². The lowest BCUT2D eigenvalue weighted by Gasteiger charge is -2.36. The maximum absolute atomic E-state index is 12.6. The van der Waals surface area contributed by atoms with E-state index < -0.39 is 0 Å². The molecule has 1 heterocycles. The Labute approximate surface area is 144 Å². The maximum atomic E-state index is 12.6. The first-order valence-corrected chi connectivity index (χ1v) is 8.27. The zero-order valence-electron chi connectivity index (χ0n) is 14.4. The second-order valence-electron chi connectivity index (χ2n) is 6.33. The first kappa shape index (κ1) is 18.2. The van der Waals surface area contributed by atoms with Crippen LogP contribution in [0.3, 0.4) is 0 Å². The van der Waals surface area contributed by atoms with Crippen LogP contribution in [0.2, 0.25) is 0 Å². The molecule has 2 atom stereocenters. The molecule has 0 aromatic heterocycles. The van der Waals surface area contributed by atoms with Crippen LogP contribution >= 0.6 is 0 Å². The van der Waals surface area contributed by atoms with Gasteiger partial charge in [-0.1, -0.05) is 18.2 Å². The average Bonchev–Trinajstić information content (AvgIpc) is 2.54. The number of rotatable bonds is 6. The molecule has 0 N–H and O–H groups in total. The molecule has 1 aromatic carbocycles. The van der Waals surface area contributed by atoms with Crippen molar-refractivity contribution < 1.29 is 9.53 Å². The number of hydrogen-bond acceptors (Lipinski definition) is 4. The van der Waals surface area contributed by atoms with Crippen LogP contribution < -0.4 is 0 Å². The van der Waals surface area contributed by atoms with E-state index in [2.05, 4.69) is 12.6 Å². The Balaban J connectivity index is 2.00. The lowest BCUT2D eigenvalue weighted by Crippen LogP contribution is -2.51. The van der Waals surface area contributed by atoms with E-state index in [4.69, 9.17) is 10.00 Å². The van der Waals surface area contributed by atoms with E-state index >= 15 is 0 Å². The summed E-state index contributed by atoms with van der Waals surface area (Å²) in [6, 6.07) is 9.63. The predicted molar refractivity (Wildman–Crippen MR) is 93.2 cm³/mol. The molecule has 0 spiro atoms. The maximum Gasteiger partial charge on any atom is 0.236 e. The SMILES string of the molecule is C=CCN(CC(=O)N1CC(C)OC(C)C1)Cc1cccc(C#N)c1. The molecule has 0 bridgehead atoms. The fraction of sp³-hybridized carbons (Fsp3) is 0.474. The molecule has 2 unspecified atom stereocenters. The van der Waals surface area contributed by atoms with Gasteiger partial charge in [-0.25, -0.2) is 0 Å². The van der Waals surface area contributed by atoms with Crippen molar-refractivity contribution >= 4 is 5.91 Å². The number of nitrogens with zero attached hydrogens (tertiary/aromatic N) is 3. The third-order valence-corrected chi connectivity index (χ3v) is 3.98. The van der Waals surface area contributed by atoms with Gasteiger partial charge in [0.25, 0.3) is 0 Å². The molecular formula is C19H25N3O2. The van der Waals surface area contributed by atoms with Crippen molar-refractivity contribution in [3.63, 3.8) is 0 Å². The molecule has 1 aromatic rings. The minimum absolute atomic E-state index is 0.0675. The highest BCUT2D eigenvalue weighted by Gasteiger charge is 2.26. The van der Waals surface area contributed by atoms with Crippen molar-refractivity contribution in [2.24, 2.45) is 0 Å². The number of amides is 1. The Kier molecular flexibility index (Phi) is 6.53. The van der Waals surface area contributed by atoms with E-state index in [0.717, 1.165) is 5.56 Å². The van der Waals surface area contributed by atoms with E-state index in [9.17, 15) is 4.79 Å². The number of ether oxygens (including phenoxy) is 1. The largest absolute Gasteiger partial charge is 0.372 e. The Hall–Kier alpha value is -2.16. The second kappa shape index (κ2) is 8.62. The Bertz CT molecular complexity index is 613. The molecule has 0 saturated carbocycles. The number of carbonyl (C=O) groups is 1. The van der Waals surface area contributed by atoms with Gasteiger partial charge in [0.2, 0.25) is 5.91 Å². The van der Waals surface area contributed by atoms with Crippen molar-refractivity contribution in [1.82, 2.24) is 9.80 Å². The molecule has 128 valence electrons. The van der Waals surface area contributed by atoms with Crippen molar-refractivity contribution in [3.8, 4) is 6.07 Å². The first-order valence-electron chi connectivity index (χ1n) is 8.27. The monoisotopic (exact) mass is 327 g/mol. The van der Waals surface area contributed by atoms with E-state index in [1.807, 2.05) is 41.8 Å². The summed E-state index contributed by atoms with van der Waals surface area (Å²) in [4.78, 5) is 16.5. The number of hydrogen-bond donors (Lipinski definition) is 0. The van der Waals surface area contributed by atoms with E-state index in [-0.39, 0.29) is 18.1 Å². The molecule has 5 heteroatoms. The summed E-state index contributed by atoms with van der Waals surface area (Å²) in [5.41, 5.74) is 1.65. The van der Waals surface area contributed by atoms with Gasteiger partial charge in [-0.3, -0.25) is 9.69 Å². The van der Waals surface area contributed by atoms with Gasteiger partial charge in [-0.05, 0) is 31.5 Å². The van der Waals surface area contributed by atoms with Crippen molar-refractivity contribution in [3.05, 3.63) is 48.0 Å². The molecular weight excluding hydrogens is 302 g/mol. The Morgan fingerprint density at radius 3 is 2.79 bits per heavy atom. The summed E-state index contributed by atoms with van der Waals surface area (Å²) in [6.45, 7) is 10.6. The molecule has 1 aliphatic heterocycles. The summed E-state index contributed by atoms with van der Waals surface area (Å²) in [5, 5.41) is 9.01. The predicted octanol–water partition coefficient (Wildman–Crippen LogP) is 2.18. The highest BCUT2D eigenvalue weighted by atomic mass is 16.5. The number of benzene rings is 1. The molecule has 2 rings (SSSR count). The summed E-state index contributed by atoms with van der Waals surface area (Å²) >= 11 is 0. The highest BCUT2D eigenvalue weighted by molar-refractivity contribution is 5.78. The fourth-order valence-corrected chi connectivity index (χ4v) is 3.04. The van der Waals surface area contributed by atoms with Gasteiger partial charge < -0.3 is 9.64 Å². The summed E-state index contributed by atoms with van der Waals surface area (Å²) in [5.74, 6) is 0.107. The molecule has 5 nitrogen and oxygen atoms in total. The number of carbonyl (C=O) groups excluding carboxylic acids is 1. The van der Waals surface area contributed by atoms with Gasteiger partial charge >= 0.3 is 0 Å². The zero-order chi connectivity index (χ0) is 17.5. The van der Waals surface area contributed by atoms with Gasteiger partial charge in [-0.2, -0.15) is 5.26 Å². The average molecular weight is 327 g/mol. The van der Waals surface area contributed by atoms with Crippen LogP contribution in [-0.2, 0) is 16.1 Å². The normalized spacial score (nSPS) is 20.7. The minimum atomic E-state index is 0.0675. The zero-order valence-corrected chi connectivity index (χ0v) is 14.4. The number of nitriles is 1. The van der Waals surface area contributed by atoms with Crippen molar-refractivity contribution in [2.45, 2.75) is 32.6 Å². The summed E-state index contributed by atoms with van der Waals surface area (Å²) in [6.07, 6.45) is 1.93. The Morgan fingerprint density at radius 1 is 1.46 bits per heavy atom. The summed E-state index contributed by atoms with van der Waals surface area (Å²) in [7, 11) is 0. The molecule has 0 radical (unpaired) electrons. The molecule has 0 aliphatic carbocycles. The first-order chi connectivity index (χ1) is 11.5. The Morgan fingerprint density at radius 2 is 2.17 bits per heavy atom. The third-order valence-electron chi connectivity index (χ3n) is 3.98. The van der Waals surface area contributed by atoms with E-state index in [1.165, 1.54) is 0 Å². The standard InChI is InChI=1S/C19H25N3O2/c1-4-8-21(13-18-7-5-6-17(9-18)10-20)14-19(23)22-11-15(2)24-16(3)12-22/h4-7,9,15-16H,1,8,11-14H2,2-3H3. The lowest BCUT2D eigenvalue weighted by atomic mass is 10.1.